The molecule has 0 aliphatic rings. The summed E-state index contributed by atoms with van der Waals surface area (Å²) in [6, 6.07) is 1.39. The lowest BCUT2D eigenvalue weighted by Crippen LogP contribution is -2.29. The van der Waals surface area contributed by atoms with Crippen LogP contribution in [0.1, 0.15) is 25.7 Å². The molecule has 100 valence electrons. The average Bonchev–Trinajstić information content (AvgIpc) is 2.20. The largest absolute Gasteiger partial charge is 0.523 e. The van der Waals surface area contributed by atoms with E-state index in [1.165, 1.54) is 6.07 Å². The Morgan fingerprint density at radius 3 is 2.29 bits per heavy atom. The van der Waals surface area contributed by atoms with Gasteiger partial charge in [-0.05, 0) is 19.3 Å². The molecule has 0 aromatic rings. The predicted octanol–water partition coefficient (Wildman–Crippen LogP) is 2.70. The van der Waals surface area contributed by atoms with Crippen LogP contribution in [0.15, 0.2) is 0 Å². The molecule has 0 aliphatic carbocycles. The third-order valence-electron chi connectivity index (χ3n) is 1.77. The summed E-state index contributed by atoms with van der Waals surface area (Å²) >= 11 is 3.17. The monoisotopic (exact) mass is 337 g/mol. The highest BCUT2D eigenvalue weighted by molar-refractivity contribution is 9.09. The minimum atomic E-state index is -5.68. The van der Waals surface area contributed by atoms with Crippen molar-refractivity contribution >= 4 is 26.0 Å². The summed E-state index contributed by atoms with van der Waals surface area (Å²) < 4.78 is 60.8. The Morgan fingerprint density at radius 1 is 1.29 bits per heavy atom. The Balaban J connectivity index is 4.29. The first-order valence-corrected chi connectivity index (χ1v) is 7.22. The Hall–Kier alpha value is -0.330. The fraction of sp³-hybridized carbons (Fsp3) is 0.875. The summed E-state index contributed by atoms with van der Waals surface area (Å²) in [4.78, 5) is 0. The Kier molecular flexibility index (Phi) is 7.04. The molecule has 0 amide bonds. The molecular formula is C8H11BrF3NO3S. The zero-order valence-corrected chi connectivity index (χ0v) is 11.1. The molecule has 0 N–H and O–H groups in total. The van der Waals surface area contributed by atoms with E-state index >= 15 is 0 Å². The van der Waals surface area contributed by atoms with E-state index < -0.39 is 21.7 Å². The lowest BCUT2D eigenvalue weighted by Gasteiger charge is -2.12. The molecule has 0 aromatic heterocycles. The highest BCUT2D eigenvalue weighted by Crippen LogP contribution is 2.26. The van der Waals surface area contributed by atoms with Crippen molar-refractivity contribution in [3.8, 4) is 6.07 Å². The minimum Gasteiger partial charge on any atom is -0.244 e. The summed E-state index contributed by atoms with van der Waals surface area (Å²) in [5.41, 5.74) is -5.49. The van der Waals surface area contributed by atoms with Gasteiger partial charge in [-0.25, -0.2) is 4.18 Å². The molecular weight excluding hydrogens is 327 g/mol. The van der Waals surface area contributed by atoms with Crippen molar-refractivity contribution in [2.45, 2.75) is 37.3 Å². The van der Waals surface area contributed by atoms with Crippen LogP contribution in [0.2, 0.25) is 0 Å². The first-order valence-electron chi connectivity index (χ1n) is 4.69. The van der Waals surface area contributed by atoms with Gasteiger partial charge in [-0.3, -0.25) is 0 Å². The molecule has 0 radical (unpaired) electrons. The van der Waals surface area contributed by atoms with E-state index in [0.717, 1.165) is 11.8 Å². The van der Waals surface area contributed by atoms with E-state index in [1.54, 1.807) is 0 Å². The molecule has 0 aromatic carbocycles. The Morgan fingerprint density at radius 2 is 1.88 bits per heavy atom. The highest BCUT2D eigenvalue weighted by atomic mass is 79.9. The molecule has 1 unspecified atom stereocenters. The molecule has 0 heterocycles. The van der Waals surface area contributed by atoms with E-state index in [4.69, 9.17) is 5.26 Å². The Labute approximate surface area is 106 Å². The van der Waals surface area contributed by atoms with Gasteiger partial charge >= 0.3 is 15.6 Å². The number of hydrogen-bond donors (Lipinski definition) is 0. The highest BCUT2D eigenvalue weighted by Gasteiger charge is 2.48. The van der Waals surface area contributed by atoms with Crippen LogP contribution in [0.4, 0.5) is 13.2 Å². The van der Waals surface area contributed by atoms with Crippen molar-refractivity contribution in [3.63, 3.8) is 0 Å². The molecule has 0 rings (SSSR count). The third-order valence-corrected chi connectivity index (χ3v) is 3.38. The number of hydrogen-bond acceptors (Lipinski definition) is 4. The number of alkyl halides is 4. The number of nitrogens with zero attached hydrogens (tertiary/aromatic N) is 1. The van der Waals surface area contributed by atoms with E-state index in [1.807, 2.05) is 0 Å². The third kappa shape index (κ3) is 6.24. The fourth-order valence-corrected chi connectivity index (χ4v) is 1.89. The van der Waals surface area contributed by atoms with Crippen LogP contribution in [-0.2, 0) is 14.3 Å². The second-order valence-electron chi connectivity index (χ2n) is 3.15. The van der Waals surface area contributed by atoms with Crippen molar-refractivity contribution in [2.75, 3.05) is 5.33 Å². The van der Waals surface area contributed by atoms with Crippen molar-refractivity contribution in [1.29, 1.82) is 5.26 Å². The molecule has 17 heavy (non-hydrogen) atoms. The van der Waals surface area contributed by atoms with E-state index in [-0.39, 0.29) is 6.42 Å². The van der Waals surface area contributed by atoms with Crippen LogP contribution in [0.3, 0.4) is 0 Å². The minimum absolute atomic E-state index is 0.0428. The Bertz CT molecular complexity index is 363. The maximum atomic E-state index is 11.9. The molecule has 1 atom stereocenters. The van der Waals surface area contributed by atoms with Crippen molar-refractivity contribution in [3.05, 3.63) is 0 Å². The zero-order valence-electron chi connectivity index (χ0n) is 8.70. The maximum Gasteiger partial charge on any atom is 0.523 e. The molecule has 0 spiro atoms. The average molecular weight is 338 g/mol. The summed E-state index contributed by atoms with van der Waals surface area (Å²) in [7, 11) is -5.68. The SMILES string of the molecule is N#CC(CCCCCBr)OS(=O)(=O)C(F)(F)F. The van der Waals surface area contributed by atoms with Crippen molar-refractivity contribution < 1.29 is 25.8 Å². The van der Waals surface area contributed by atoms with Crippen LogP contribution in [0.5, 0.6) is 0 Å². The van der Waals surface area contributed by atoms with Gasteiger partial charge in [0.2, 0.25) is 0 Å². The van der Waals surface area contributed by atoms with E-state index in [0.29, 0.717) is 12.8 Å². The fourth-order valence-electron chi connectivity index (χ4n) is 0.943. The number of unbranched alkanes of at least 4 members (excludes halogenated alkanes) is 2. The first-order chi connectivity index (χ1) is 7.74. The van der Waals surface area contributed by atoms with Crippen molar-refractivity contribution in [2.24, 2.45) is 0 Å². The standard InChI is InChI=1S/C8H11BrF3NO3S/c9-5-3-1-2-4-7(6-13)16-17(14,15)8(10,11)12/h7H,1-5H2. The quantitative estimate of drug-likeness (QED) is 0.310. The van der Waals surface area contributed by atoms with Gasteiger partial charge in [0.25, 0.3) is 0 Å². The predicted molar refractivity (Wildman–Crippen MR) is 57.7 cm³/mol. The van der Waals surface area contributed by atoms with Crippen LogP contribution in [0, 0.1) is 11.3 Å². The summed E-state index contributed by atoms with van der Waals surface area (Å²) in [5.74, 6) is 0. The van der Waals surface area contributed by atoms with Gasteiger partial charge in [-0.15, -0.1) is 0 Å². The normalized spacial score (nSPS) is 14.3. The van der Waals surface area contributed by atoms with Gasteiger partial charge in [-0.2, -0.15) is 26.9 Å². The van der Waals surface area contributed by atoms with Gasteiger partial charge in [-0.1, -0.05) is 22.4 Å². The van der Waals surface area contributed by atoms with Gasteiger partial charge in [0.15, 0.2) is 6.10 Å². The molecule has 9 heteroatoms. The molecule has 0 fully saturated rings. The molecule has 0 aliphatic heterocycles. The lowest BCUT2D eigenvalue weighted by molar-refractivity contribution is -0.0560. The number of rotatable bonds is 7. The smallest absolute Gasteiger partial charge is 0.244 e. The van der Waals surface area contributed by atoms with Crippen LogP contribution < -0.4 is 0 Å². The van der Waals surface area contributed by atoms with Gasteiger partial charge in [0.05, 0.1) is 6.07 Å². The van der Waals surface area contributed by atoms with E-state index in [9.17, 15) is 21.6 Å². The number of nitriles is 1. The van der Waals surface area contributed by atoms with Gasteiger partial charge in [0, 0.05) is 5.33 Å². The number of halogens is 4. The summed E-state index contributed by atoms with van der Waals surface area (Å²) in [6.45, 7) is 0. The van der Waals surface area contributed by atoms with Crippen LogP contribution in [-0.4, -0.2) is 25.4 Å². The van der Waals surface area contributed by atoms with Gasteiger partial charge in [0.1, 0.15) is 0 Å². The topological polar surface area (TPSA) is 67.2 Å². The lowest BCUT2D eigenvalue weighted by atomic mass is 10.1. The first kappa shape index (κ1) is 16.7. The van der Waals surface area contributed by atoms with Crippen molar-refractivity contribution in [1.82, 2.24) is 0 Å². The van der Waals surface area contributed by atoms with Crippen LogP contribution in [0.25, 0.3) is 0 Å². The second-order valence-corrected chi connectivity index (χ2v) is 5.51. The maximum absolute atomic E-state index is 11.9. The van der Waals surface area contributed by atoms with Crippen LogP contribution >= 0.6 is 15.9 Å². The molecule has 0 saturated carbocycles. The summed E-state index contributed by atoms with van der Waals surface area (Å²) in [5, 5.41) is 9.24. The molecule has 0 bridgehead atoms. The second kappa shape index (κ2) is 7.18. The summed E-state index contributed by atoms with van der Waals surface area (Å²) in [6.07, 6.45) is 0.274. The molecule has 0 saturated heterocycles. The zero-order chi connectivity index (χ0) is 13.5. The van der Waals surface area contributed by atoms with E-state index in [2.05, 4.69) is 20.1 Å². The van der Waals surface area contributed by atoms with Gasteiger partial charge < -0.3 is 0 Å². The molecule has 4 nitrogen and oxygen atoms in total.